The Morgan fingerprint density at radius 3 is 3.11 bits per heavy atom. The number of hydrogen-bond acceptors (Lipinski definition) is 3. The Morgan fingerprint density at radius 1 is 1.44 bits per heavy atom. The summed E-state index contributed by atoms with van der Waals surface area (Å²) < 4.78 is 2.20. The Balaban J connectivity index is 2.09. The molecule has 94 valence electrons. The van der Waals surface area contributed by atoms with Crippen LogP contribution in [0.2, 0.25) is 0 Å². The molecule has 2 heterocycles. The minimum Gasteiger partial charge on any atom is -0.330 e. The molecule has 0 fully saturated rings. The highest BCUT2D eigenvalue weighted by atomic mass is 32.1. The zero-order valence-corrected chi connectivity index (χ0v) is 11.3. The third-order valence-electron chi connectivity index (χ3n) is 2.58. The fourth-order valence-corrected chi connectivity index (χ4v) is 2.65. The monoisotopic (exact) mass is 259 g/mol. The van der Waals surface area contributed by atoms with Crippen LogP contribution in [0.25, 0.3) is 0 Å². The maximum Gasteiger partial charge on any atom is 0.108 e. The first-order chi connectivity index (χ1) is 8.83. The molecule has 2 aromatic rings. The standard InChI is InChI=1S/C14H17N3S/c1-2-4-14-16-9-10-17(14)11-13-7-6-12(18-13)5-3-8-15/h6-7,9-10H,2,4,8,11,15H2,1H3. The Morgan fingerprint density at radius 2 is 2.33 bits per heavy atom. The van der Waals surface area contributed by atoms with E-state index in [0.29, 0.717) is 6.54 Å². The van der Waals surface area contributed by atoms with Gasteiger partial charge in [-0.3, -0.25) is 0 Å². The van der Waals surface area contributed by atoms with Gasteiger partial charge in [0.1, 0.15) is 5.82 Å². The molecule has 0 spiro atoms. The molecule has 3 nitrogen and oxygen atoms in total. The zero-order valence-electron chi connectivity index (χ0n) is 10.5. The van der Waals surface area contributed by atoms with Crippen LogP contribution in [0.4, 0.5) is 0 Å². The smallest absolute Gasteiger partial charge is 0.108 e. The molecule has 0 unspecified atom stereocenters. The number of imidazole rings is 1. The first-order valence-electron chi connectivity index (χ1n) is 6.11. The molecule has 0 aliphatic heterocycles. The largest absolute Gasteiger partial charge is 0.330 e. The first kappa shape index (κ1) is 12.9. The first-order valence-corrected chi connectivity index (χ1v) is 6.92. The Labute approximate surface area is 112 Å². The summed E-state index contributed by atoms with van der Waals surface area (Å²) in [5.41, 5.74) is 5.36. The van der Waals surface area contributed by atoms with Gasteiger partial charge in [0.05, 0.1) is 18.0 Å². The van der Waals surface area contributed by atoms with Gasteiger partial charge in [-0.15, -0.1) is 11.3 Å². The van der Waals surface area contributed by atoms with E-state index in [4.69, 9.17) is 5.73 Å². The summed E-state index contributed by atoms with van der Waals surface area (Å²) in [6.45, 7) is 3.46. The molecule has 0 amide bonds. The minimum absolute atomic E-state index is 0.412. The summed E-state index contributed by atoms with van der Waals surface area (Å²) in [5.74, 6) is 7.09. The van der Waals surface area contributed by atoms with Gasteiger partial charge in [-0.25, -0.2) is 4.98 Å². The molecule has 4 heteroatoms. The average molecular weight is 259 g/mol. The highest BCUT2D eigenvalue weighted by Crippen LogP contribution is 2.17. The number of rotatable bonds is 4. The number of nitrogens with two attached hydrogens (primary N) is 1. The summed E-state index contributed by atoms with van der Waals surface area (Å²) >= 11 is 1.72. The van der Waals surface area contributed by atoms with E-state index < -0.39 is 0 Å². The second-order valence-corrected chi connectivity index (χ2v) is 5.16. The number of aromatic nitrogens is 2. The van der Waals surface area contributed by atoms with Crippen LogP contribution in [0, 0.1) is 11.8 Å². The molecule has 2 N–H and O–H groups in total. The summed E-state index contributed by atoms with van der Waals surface area (Å²) in [4.78, 5) is 6.76. The van der Waals surface area contributed by atoms with Crippen molar-refractivity contribution in [3.05, 3.63) is 40.1 Å². The molecule has 0 bridgehead atoms. The van der Waals surface area contributed by atoms with E-state index in [1.807, 2.05) is 12.4 Å². The van der Waals surface area contributed by atoms with Crippen molar-refractivity contribution in [2.24, 2.45) is 5.73 Å². The topological polar surface area (TPSA) is 43.8 Å². The lowest BCUT2D eigenvalue weighted by Gasteiger charge is -2.04. The Bertz CT molecular complexity index is 557. The van der Waals surface area contributed by atoms with Crippen molar-refractivity contribution >= 4 is 11.3 Å². The molecule has 0 saturated carbocycles. The SMILES string of the molecule is CCCc1nccn1Cc1ccc(C#CCN)s1. The lowest BCUT2D eigenvalue weighted by molar-refractivity contribution is 0.711. The molecule has 0 aliphatic rings. The summed E-state index contributed by atoms with van der Waals surface area (Å²) in [6.07, 6.45) is 6.05. The predicted molar refractivity (Wildman–Crippen MR) is 75.6 cm³/mol. The van der Waals surface area contributed by atoms with Crippen molar-refractivity contribution in [3.8, 4) is 11.8 Å². The van der Waals surface area contributed by atoms with Gasteiger partial charge in [0.2, 0.25) is 0 Å². The molecule has 2 rings (SSSR count). The highest BCUT2D eigenvalue weighted by Gasteiger charge is 2.04. The van der Waals surface area contributed by atoms with Crippen LogP contribution in [0.15, 0.2) is 24.5 Å². The van der Waals surface area contributed by atoms with E-state index in [-0.39, 0.29) is 0 Å². The van der Waals surface area contributed by atoms with Crippen molar-refractivity contribution in [1.82, 2.24) is 9.55 Å². The fraction of sp³-hybridized carbons (Fsp3) is 0.357. The molecule has 18 heavy (non-hydrogen) atoms. The van der Waals surface area contributed by atoms with Gasteiger partial charge >= 0.3 is 0 Å². The molecule has 0 atom stereocenters. The predicted octanol–water partition coefficient (Wildman–Crippen LogP) is 2.26. The maximum atomic E-state index is 5.36. The zero-order chi connectivity index (χ0) is 12.8. The van der Waals surface area contributed by atoms with Crippen LogP contribution in [0.1, 0.15) is 28.9 Å². The second-order valence-electron chi connectivity index (χ2n) is 3.99. The Kier molecular flexibility index (Phi) is 4.57. The Hall–Kier alpha value is -1.57. The maximum absolute atomic E-state index is 5.36. The lowest BCUT2D eigenvalue weighted by Crippen LogP contribution is -2.02. The van der Waals surface area contributed by atoms with Crippen LogP contribution >= 0.6 is 11.3 Å². The molecular formula is C14H17N3S. The minimum atomic E-state index is 0.412. The van der Waals surface area contributed by atoms with Crippen molar-refractivity contribution in [2.75, 3.05) is 6.54 Å². The molecule has 0 saturated heterocycles. The highest BCUT2D eigenvalue weighted by molar-refractivity contribution is 7.12. The van der Waals surface area contributed by atoms with Gasteiger partial charge in [-0.1, -0.05) is 18.8 Å². The van der Waals surface area contributed by atoms with E-state index in [1.165, 1.54) is 4.88 Å². The molecule has 0 radical (unpaired) electrons. The van der Waals surface area contributed by atoms with Gasteiger partial charge in [0.25, 0.3) is 0 Å². The second kappa shape index (κ2) is 6.39. The van der Waals surface area contributed by atoms with Crippen LogP contribution in [-0.2, 0) is 13.0 Å². The molecule has 0 aromatic carbocycles. The van der Waals surface area contributed by atoms with Gasteiger partial charge in [0, 0.05) is 23.7 Å². The molecule has 0 aliphatic carbocycles. The number of nitrogens with zero attached hydrogens (tertiary/aromatic N) is 2. The van der Waals surface area contributed by atoms with Crippen LogP contribution < -0.4 is 5.73 Å². The van der Waals surface area contributed by atoms with E-state index >= 15 is 0 Å². The number of thiophene rings is 1. The third-order valence-corrected chi connectivity index (χ3v) is 3.56. The van der Waals surface area contributed by atoms with E-state index in [9.17, 15) is 0 Å². The van der Waals surface area contributed by atoms with Crippen LogP contribution in [0.3, 0.4) is 0 Å². The number of hydrogen-bond donors (Lipinski definition) is 1. The normalized spacial score (nSPS) is 10.1. The van der Waals surface area contributed by atoms with Gasteiger partial charge in [0.15, 0.2) is 0 Å². The summed E-state index contributed by atoms with van der Waals surface area (Å²) in [6, 6.07) is 4.18. The third kappa shape index (κ3) is 3.22. The van der Waals surface area contributed by atoms with E-state index in [0.717, 1.165) is 30.1 Å². The summed E-state index contributed by atoms with van der Waals surface area (Å²) in [7, 11) is 0. The fourth-order valence-electron chi connectivity index (χ4n) is 1.77. The molecular weight excluding hydrogens is 242 g/mol. The van der Waals surface area contributed by atoms with Crippen molar-refractivity contribution < 1.29 is 0 Å². The summed E-state index contributed by atoms with van der Waals surface area (Å²) in [5, 5.41) is 0. The number of aryl methyl sites for hydroxylation is 1. The van der Waals surface area contributed by atoms with Gasteiger partial charge in [-0.05, 0) is 18.6 Å². The van der Waals surface area contributed by atoms with Crippen molar-refractivity contribution in [3.63, 3.8) is 0 Å². The average Bonchev–Trinajstić information content (AvgIpc) is 2.98. The van der Waals surface area contributed by atoms with Crippen molar-refractivity contribution in [1.29, 1.82) is 0 Å². The van der Waals surface area contributed by atoms with Crippen LogP contribution in [-0.4, -0.2) is 16.1 Å². The van der Waals surface area contributed by atoms with E-state index in [2.05, 4.69) is 40.4 Å². The van der Waals surface area contributed by atoms with Gasteiger partial charge < -0.3 is 10.3 Å². The van der Waals surface area contributed by atoms with Gasteiger partial charge in [-0.2, -0.15) is 0 Å². The van der Waals surface area contributed by atoms with Crippen LogP contribution in [0.5, 0.6) is 0 Å². The quantitative estimate of drug-likeness (QED) is 0.856. The molecule has 2 aromatic heterocycles. The van der Waals surface area contributed by atoms with Crippen molar-refractivity contribution in [2.45, 2.75) is 26.3 Å². The van der Waals surface area contributed by atoms with E-state index in [1.54, 1.807) is 11.3 Å². The lowest BCUT2D eigenvalue weighted by atomic mass is 10.3.